The molecule has 26 heavy (non-hydrogen) atoms. The highest BCUT2D eigenvalue weighted by molar-refractivity contribution is 7.89. The molecule has 1 aromatic heterocycles. The number of aromatic nitrogens is 2. The minimum atomic E-state index is -3.83. The predicted molar refractivity (Wildman–Crippen MR) is 100 cm³/mol. The van der Waals surface area contributed by atoms with Crippen molar-refractivity contribution in [3.05, 3.63) is 38.8 Å². The van der Waals surface area contributed by atoms with E-state index in [2.05, 4.69) is 9.59 Å². The molecule has 0 saturated carbocycles. The molecule has 140 valence electrons. The van der Waals surface area contributed by atoms with Gasteiger partial charge in [0.2, 0.25) is 10.0 Å². The molecule has 0 N–H and O–H groups in total. The van der Waals surface area contributed by atoms with Crippen LogP contribution in [0.2, 0.25) is 10.0 Å². The van der Waals surface area contributed by atoms with Crippen LogP contribution >= 0.6 is 34.7 Å². The second-order valence-electron chi connectivity index (χ2n) is 5.65. The monoisotopic (exact) mass is 434 g/mol. The minimum Gasteiger partial charge on any atom is -0.335 e. The molecule has 1 aliphatic rings. The summed E-state index contributed by atoms with van der Waals surface area (Å²) in [7, 11) is -3.83. The van der Waals surface area contributed by atoms with Gasteiger partial charge in [-0.15, -0.1) is 5.10 Å². The number of carbonyl (C=O) groups is 1. The van der Waals surface area contributed by atoms with E-state index in [0.717, 1.165) is 11.5 Å². The Labute approximate surface area is 165 Å². The van der Waals surface area contributed by atoms with E-state index in [1.165, 1.54) is 16.4 Å². The Bertz CT molecular complexity index is 904. The molecule has 7 nitrogen and oxygen atoms in total. The second kappa shape index (κ2) is 7.77. The number of hydrogen-bond donors (Lipinski definition) is 0. The molecule has 11 heteroatoms. The van der Waals surface area contributed by atoms with Gasteiger partial charge >= 0.3 is 0 Å². The minimum absolute atomic E-state index is 0.0827. The SMILES string of the molecule is CCc1nnsc1C(=O)N1CCN(S(=O)(=O)c2c(Cl)cccc2Cl)CC1. The first kappa shape index (κ1) is 19.5. The highest BCUT2D eigenvalue weighted by atomic mass is 35.5. The number of sulfonamides is 1. The van der Waals surface area contributed by atoms with Crippen molar-refractivity contribution in [3.8, 4) is 0 Å². The summed E-state index contributed by atoms with van der Waals surface area (Å²) in [6.07, 6.45) is 0.622. The average molecular weight is 435 g/mol. The van der Waals surface area contributed by atoms with Crippen LogP contribution < -0.4 is 0 Å². The molecule has 0 unspecified atom stereocenters. The lowest BCUT2D eigenvalue weighted by atomic mass is 10.2. The van der Waals surface area contributed by atoms with Crippen molar-refractivity contribution >= 4 is 50.7 Å². The number of benzene rings is 1. The van der Waals surface area contributed by atoms with Gasteiger partial charge in [0.15, 0.2) is 0 Å². The standard InChI is InChI=1S/C15H16Cl2N4O3S2/c1-2-12-13(25-19-18-12)15(22)20-6-8-21(9-7-20)26(23,24)14-10(16)4-3-5-11(14)17/h3-5H,2,6-9H2,1H3. The summed E-state index contributed by atoms with van der Waals surface area (Å²) in [4.78, 5) is 14.7. The van der Waals surface area contributed by atoms with E-state index in [1.54, 1.807) is 11.0 Å². The Kier molecular flexibility index (Phi) is 5.83. The van der Waals surface area contributed by atoms with Crippen molar-refractivity contribution in [2.24, 2.45) is 0 Å². The average Bonchev–Trinajstić information content (AvgIpc) is 3.09. The first-order valence-corrected chi connectivity index (χ1v) is 10.9. The normalized spacial score (nSPS) is 16.0. The van der Waals surface area contributed by atoms with Crippen molar-refractivity contribution in [1.29, 1.82) is 0 Å². The van der Waals surface area contributed by atoms with E-state index < -0.39 is 10.0 Å². The molecule has 0 aliphatic carbocycles. The highest BCUT2D eigenvalue weighted by Gasteiger charge is 2.34. The number of amides is 1. The zero-order valence-electron chi connectivity index (χ0n) is 13.9. The zero-order valence-corrected chi connectivity index (χ0v) is 17.0. The lowest BCUT2D eigenvalue weighted by molar-refractivity contribution is 0.0701. The van der Waals surface area contributed by atoms with Crippen molar-refractivity contribution in [3.63, 3.8) is 0 Å². The molecule has 0 bridgehead atoms. The smallest absolute Gasteiger partial charge is 0.267 e. The van der Waals surface area contributed by atoms with Crippen LogP contribution in [-0.2, 0) is 16.4 Å². The molecule has 3 rings (SSSR count). The fraction of sp³-hybridized carbons (Fsp3) is 0.400. The van der Waals surface area contributed by atoms with E-state index in [-0.39, 0.29) is 47.0 Å². The molecule has 1 aliphatic heterocycles. The van der Waals surface area contributed by atoms with E-state index in [0.29, 0.717) is 17.0 Å². The predicted octanol–water partition coefficient (Wildman–Crippen LogP) is 2.55. The Morgan fingerprint density at radius 2 is 1.81 bits per heavy atom. The van der Waals surface area contributed by atoms with Crippen LogP contribution in [0.5, 0.6) is 0 Å². The molecular formula is C15H16Cl2N4O3S2. The van der Waals surface area contributed by atoms with Crippen LogP contribution in [-0.4, -0.2) is 59.3 Å². The lowest BCUT2D eigenvalue weighted by Crippen LogP contribution is -2.50. The van der Waals surface area contributed by atoms with Crippen molar-refractivity contribution < 1.29 is 13.2 Å². The van der Waals surface area contributed by atoms with Crippen LogP contribution in [0.1, 0.15) is 22.3 Å². The van der Waals surface area contributed by atoms with Gasteiger partial charge in [-0.05, 0) is 30.1 Å². The number of hydrogen-bond acceptors (Lipinski definition) is 6. The third kappa shape index (κ3) is 3.59. The largest absolute Gasteiger partial charge is 0.335 e. The number of halogens is 2. The summed E-state index contributed by atoms with van der Waals surface area (Å²) in [5.74, 6) is -0.162. The summed E-state index contributed by atoms with van der Waals surface area (Å²) in [5, 5.41) is 4.11. The van der Waals surface area contributed by atoms with Crippen molar-refractivity contribution in [2.75, 3.05) is 26.2 Å². The number of carbonyl (C=O) groups excluding carboxylic acids is 1. The van der Waals surface area contributed by atoms with Gasteiger partial charge in [0.05, 0.1) is 15.7 Å². The maximum atomic E-state index is 12.9. The number of piperazine rings is 1. The van der Waals surface area contributed by atoms with Gasteiger partial charge in [0, 0.05) is 26.2 Å². The van der Waals surface area contributed by atoms with Gasteiger partial charge < -0.3 is 4.90 Å². The molecule has 0 spiro atoms. The Balaban J connectivity index is 1.75. The molecule has 2 heterocycles. The van der Waals surface area contributed by atoms with E-state index in [4.69, 9.17) is 23.2 Å². The van der Waals surface area contributed by atoms with Gasteiger partial charge in [-0.25, -0.2) is 8.42 Å². The van der Waals surface area contributed by atoms with Gasteiger partial charge in [-0.1, -0.05) is 40.7 Å². The summed E-state index contributed by atoms with van der Waals surface area (Å²) in [6.45, 7) is 2.81. The topological polar surface area (TPSA) is 83.5 Å². The maximum Gasteiger partial charge on any atom is 0.267 e. The molecule has 1 aromatic carbocycles. The number of rotatable bonds is 4. The Morgan fingerprint density at radius 3 is 2.38 bits per heavy atom. The molecule has 1 amide bonds. The summed E-state index contributed by atoms with van der Waals surface area (Å²) in [5.41, 5.74) is 0.665. The number of nitrogens with zero attached hydrogens (tertiary/aromatic N) is 4. The van der Waals surface area contributed by atoms with Crippen molar-refractivity contribution in [1.82, 2.24) is 18.8 Å². The fourth-order valence-corrected chi connectivity index (χ4v) is 5.97. The summed E-state index contributed by atoms with van der Waals surface area (Å²) < 4.78 is 30.9. The number of aryl methyl sites for hydroxylation is 1. The van der Waals surface area contributed by atoms with Gasteiger partial charge in [-0.3, -0.25) is 4.79 Å². The maximum absolute atomic E-state index is 12.9. The molecule has 1 fully saturated rings. The molecule has 0 radical (unpaired) electrons. The first-order valence-electron chi connectivity index (χ1n) is 7.91. The van der Waals surface area contributed by atoms with E-state index in [1.807, 2.05) is 6.92 Å². The van der Waals surface area contributed by atoms with Crippen LogP contribution in [0.15, 0.2) is 23.1 Å². The van der Waals surface area contributed by atoms with Gasteiger partial charge in [0.25, 0.3) is 5.91 Å². The third-order valence-corrected chi connectivity index (χ3v) is 7.74. The van der Waals surface area contributed by atoms with Gasteiger partial charge in [0.1, 0.15) is 9.77 Å². The van der Waals surface area contributed by atoms with Crippen LogP contribution in [0.4, 0.5) is 0 Å². The zero-order chi connectivity index (χ0) is 18.9. The van der Waals surface area contributed by atoms with E-state index in [9.17, 15) is 13.2 Å². The van der Waals surface area contributed by atoms with Crippen LogP contribution in [0, 0.1) is 0 Å². The Hall–Kier alpha value is -1.26. The van der Waals surface area contributed by atoms with E-state index >= 15 is 0 Å². The first-order chi connectivity index (χ1) is 12.4. The molecule has 1 saturated heterocycles. The quantitative estimate of drug-likeness (QED) is 0.737. The second-order valence-corrected chi connectivity index (χ2v) is 9.09. The molecule has 2 aromatic rings. The highest BCUT2D eigenvalue weighted by Crippen LogP contribution is 2.32. The molecule has 0 atom stereocenters. The third-order valence-electron chi connectivity index (χ3n) is 4.13. The van der Waals surface area contributed by atoms with Crippen LogP contribution in [0.25, 0.3) is 0 Å². The summed E-state index contributed by atoms with van der Waals surface area (Å²) >= 11 is 13.2. The lowest BCUT2D eigenvalue weighted by Gasteiger charge is -2.34. The molecular weight excluding hydrogens is 419 g/mol. The van der Waals surface area contributed by atoms with Crippen LogP contribution in [0.3, 0.4) is 0 Å². The van der Waals surface area contributed by atoms with Gasteiger partial charge in [-0.2, -0.15) is 4.31 Å². The Morgan fingerprint density at radius 1 is 1.19 bits per heavy atom. The summed E-state index contributed by atoms with van der Waals surface area (Å²) in [6, 6.07) is 4.57. The fourth-order valence-electron chi connectivity index (χ4n) is 2.74. The van der Waals surface area contributed by atoms with Crippen molar-refractivity contribution in [2.45, 2.75) is 18.2 Å².